The van der Waals surface area contributed by atoms with Crippen molar-refractivity contribution < 1.29 is 0 Å². The molecule has 0 bridgehead atoms. The lowest BCUT2D eigenvalue weighted by Crippen LogP contribution is -1.77. The Kier molecular flexibility index (Phi) is 1.15. The van der Waals surface area contributed by atoms with Gasteiger partial charge in [-0.1, -0.05) is 11.6 Å². The molecule has 0 aromatic heterocycles. The van der Waals surface area contributed by atoms with E-state index in [2.05, 4.69) is 4.99 Å². The number of nitrogens with zero attached hydrogens (tertiary/aromatic N) is 1. The maximum absolute atomic E-state index is 5.53. The van der Waals surface area contributed by atoms with Gasteiger partial charge in [0.1, 0.15) is 5.50 Å². The van der Waals surface area contributed by atoms with Crippen molar-refractivity contribution in [1.29, 1.82) is 0 Å². The molecule has 38 valence electrons. The van der Waals surface area contributed by atoms with Crippen LogP contribution in [0.25, 0.3) is 0 Å². The number of halogens is 1. The summed E-state index contributed by atoms with van der Waals surface area (Å²) in [6.45, 7) is 1.98. The Balaban J connectivity index is 2.69. The highest BCUT2D eigenvalue weighted by molar-refractivity contribution is 6.23. The van der Waals surface area contributed by atoms with Gasteiger partial charge in [-0.15, -0.1) is 0 Å². The van der Waals surface area contributed by atoms with Crippen LogP contribution in [-0.4, -0.2) is 11.7 Å². The van der Waals surface area contributed by atoms with Crippen LogP contribution >= 0.6 is 11.6 Å². The van der Waals surface area contributed by atoms with Crippen molar-refractivity contribution in [3.8, 4) is 0 Å². The van der Waals surface area contributed by atoms with Crippen LogP contribution in [0.1, 0.15) is 6.92 Å². The van der Waals surface area contributed by atoms with Crippen molar-refractivity contribution in [2.45, 2.75) is 12.4 Å². The first kappa shape index (κ1) is 4.85. The number of alkyl halides is 1. The predicted molar refractivity (Wildman–Crippen MR) is 31.9 cm³/mol. The summed E-state index contributed by atoms with van der Waals surface area (Å²) in [5.41, 5.74) is 1.06. The van der Waals surface area contributed by atoms with Gasteiger partial charge < -0.3 is 0 Å². The molecule has 0 spiro atoms. The van der Waals surface area contributed by atoms with Crippen molar-refractivity contribution in [3.05, 3.63) is 11.6 Å². The molecule has 1 aliphatic heterocycles. The first-order valence-corrected chi connectivity index (χ1v) is 2.58. The SMILES string of the molecule is CC1=CC(Cl)N=C1. The molecule has 1 unspecified atom stereocenters. The molecular weight excluding hydrogens is 110 g/mol. The van der Waals surface area contributed by atoms with E-state index >= 15 is 0 Å². The van der Waals surface area contributed by atoms with E-state index in [0.29, 0.717) is 0 Å². The summed E-state index contributed by atoms with van der Waals surface area (Å²) in [7, 11) is 0. The highest BCUT2D eigenvalue weighted by Gasteiger charge is 2.00. The third-order valence-corrected chi connectivity index (χ3v) is 1.06. The second-order valence-corrected chi connectivity index (χ2v) is 2.01. The minimum atomic E-state index is -0.0972. The molecule has 0 aromatic rings. The summed E-state index contributed by atoms with van der Waals surface area (Å²) in [6.07, 6.45) is 3.68. The van der Waals surface area contributed by atoms with Crippen LogP contribution in [0, 0.1) is 0 Å². The van der Waals surface area contributed by atoms with E-state index in [-0.39, 0.29) is 5.50 Å². The maximum Gasteiger partial charge on any atom is 0.142 e. The van der Waals surface area contributed by atoms with Gasteiger partial charge in [0.25, 0.3) is 0 Å². The Morgan fingerprint density at radius 2 is 2.57 bits per heavy atom. The lowest BCUT2D eigenvalue weighted by atomic mass is 10.3. The molecule has 0 amide bonds. The van der Waals surface area contributed by atoms with Crippen molar-refractivity contribution in [2.75, 3.05) is 0 Å². The minimum absolute atomic E-state index is 0.0972. The zero-order valence-corrected chi connectivity index (χ0v) is 4.81. The van der Waals surface area contributed by atoms with Gasteiger partial charge in [-0.2, -0.15) is 0 Å². The van der Waals surface area contributed by atoms with E-state index in [1.807, 2.05) is 13.0 Å². The minimum Gasteiger partial charge on any atom is -0.269 e. The molecule has 0 N–H and O–H groups in total. The Morgan fingerprint density at radius 1 is 1.86 bits per heavy atom. The lowest BCUT2D eigenvalue weighted by Gasteiger charge is -1.82. The molecule has 1 rings (SSSR count). The molecule has 0 saturated heterocycles. The average molecular weight is 116 g/mol. The summed E-state index contributed by atoms with van der Waals surface area (Å²) >= 11 is 5.53. The van der Waals surface area contributed by atoms with Gasteiger partial charge in [0.15, 0.2) is 0 Å². The third kappa shape index (κ3) is 1.03. The smallest absolute Gasteiger partial charge is 0.142 e. The zero-order chi connectivity index (χ0) is 5.28. The topological polar surface area (TPSA) is 12.4 Å². The fourth-order valence-corrected chi connectivity index (χ4v) is 0.747. The van der Waals surface area contributed by atoms with Crippen LogP contribution in [0.15, 0.2) is 16.6 Å². The first-order chi connectivity index (χ1) is 3.29. The second-order valence-electron chi connectivity index (χ2n) is 1.56. The van der Waals surface area contributed by atoms with Crippen molar-refractivity contribution in [2.24, 2.45) is 4.99 Å². The fraction of sp³-hybridized carbons (Fsp3) is 0.400. The predicted octanol–water partition coefficient (Wildman–Crippen LogP) is 1.58. The van der Waals surface area contributed by atoms with Crippen molar-refractivity contribution in [1.82, 2.24) is 0 Å². The van der Waals surface area contributed by atoms with E-state index < -0.39 is 0 Å². The highest BCUT2D eigenvalue weighted by atomic mass is 35.5. The van der Waals surface area contributed by atoms with Crippen LogP contribution in [-0.2, 0) is 0 Å². The van der Waals surface area contributed by atoms with Gasteiger partial charge in [-0.25, -0.2) is 0 Å². The van der Waals surface area contributed by atoms with Crippen LogP contribution < -0.4 is 0 Å². The van der Waals surface area contributed by atoms with Gasteiger partial charge in [-0.3, -0.25) is 4.99 Å². The first-order valence-electron chi connectivity index (χ1n) is 2.15. The summed E-state index contributed by atoms with van der Waals surface area (Å²) in [5.74, 6) is 0. The average Bonchev–Trinajstić information content (AvgIpc) is 1.87. The number of aliphatic imine (C=N–C) groups is 1. The number of rotatable bonds is 0. The normalized spacial score (nSPS) is 28.3. The standard InChI is InChI=1S/C5H6ClN/c1-4-2-5(6)7-3-4/h2-3,5H,1H3. The quantitative estimate of drug-likeness (QED) is 0.336. The largest absolute Gasteiger partial charge is 0.269 e. The molecule has 0 radical (unpaired) electrons. The molecule has 1 nitrogen and oxygen atoms in total. The Morgan fingerprint density at radius 3 is 2.71 bits per heavy atom. The Hall–Kier alpha value is -0.300. The second kappa shape index (κ2) is 1.66. The molecule has 0 aromatic carbocycles. The number of allylic oxidation sites excluding steroid dienone is 1. The van der Waals surface area contributed by atoms with Gasteiger partial charge in [-0.05, 0) is 18.6 Å². The summed E-state index contributed by atoms with van der Waals surface area (Å²) in [6, 6.07) is 0. The van der Waals surface area contributed by atoms with E-state index in [1.54, 1.807) is 6.21 Å². The summed E-state index contributed by atoms with van der Waals surface area (Å²) in [5, 5.41) is 0. The zero-order valence-electron chi connectivity index (χ0n) is 4.06. The Labute approximate surface area is 47.7 Å². The maximum atomic E-state index is 5.53. The van der Waals surface area contributed by atoms with Crippen LogP contribution in [0.3, 0.4) is 0 Å². The highest BCUT2D eigenvalue weighted by Crippen LogP contribution is 2.08. The number of hydrogen-bond acceptors (Lipinski definition) is 1. The lowest BCUT2D eigenvalue weighted by molar-refractivity contribution is 1.18. The fourth-order valence-electron chi connectivity index (χ4n) is 0.492. The molecule has 1 atom stereocenters. The molecule has 1 heterocycles. The van der Waals surface area contributed by atoms with Crippen LogP contribution in [0.2, 0.25) is 0 Å². The molecular formula is C5H6ClN. The molecule has 7 heavy (non-hydrogen) atoms. The van der Waals surface area contributed by atoms with E-state index in [9.17, 15) is 0 Å². The van der Waals surface area contributed by atoms with E-state index in [4.69, 9.17) is 11.6 Å². The molecule has 0 fully saturated rings. The molecule has 1 aliphatic rings. The monoisotopic (exact) mass is 115 g/mol. The van der Waals surface area contributed by atoms with E-state index in [0.717, 1.165) is 5.57 Å². The van der Waals surface area contributed by atoms with Gasteiger partial charge in [0.05, 0.1) is 0 Å². The van der Waals surface area contributed by atoms with Crippen LogP contribution in [0.5, 0.6) is 0 Å². The Bertz CT molecular complexity index is 126. The van der Waals surface area contributed by atoms with Crippen LogP contribution in [0.4, 0.5) is 0 Å². The summed E-state index contributed by atoms with van der Waals surface area (Å²) < 4.78 is 0. The molecule has 0 aliphatic carbocycles. The number of hydrogen-bond donors (Lipinski definition) is 0. The van der Waals surface area contributed by atoms with E-state index in [1.165, 1.54) is 0 Å². The van der Waals surface area contributed by atoms with Gasteiger partial charge in [0.2, 0.25) is 0 Å². The summed E-state index contributed by atoms with van der Waals surface area (Å²) in [4.78, 5) is 3.86. The molecule has 2 heteroatoms. The van der Waals surface area contributed by atoms with Gasteiger partial charge >= 0.3 is 0 Å². The molecule has 0 saturated carbocycles. The van der Waals surface area contributed by atoms with Crippen molar-refractivity contribution >= 4 is 17.8 Å². The van der Waals surface area contributed by atoms with Gasteiger partial charge in [0, 0.05) is 6.21 Å². The third-order valence-electron chi connectivity index (χ3n) is 0.821. The van der Waals surface area contributed by atoms with Crippen molar-refractivity contribution in [3.63, 3.8) is 0 Å².